The smallest absolute Gasteiger partial charge is 0.234 e. The molecule has 7 nitrogen and oxygen atoms in total. The fourth-order valence-corrected chi connectivity index (χ4v) is 4.31. The minimum atomic E-state index is -0.258. The molecule has 0 radical (unpaired) electrons. The average Bonchev–Trinajstić information content (AvgIpc) is 3.46. The molecule has 0 spiro atoms. The van der Waals surface area contributed by atoms with Crippen LogP contribution < -0.4 is 5.32 Å². The highest BCUT2D eigenvalue weighted by Crippen LogP contribution is 2.22. The van der Waals surface area contributed by atoms with Crippen molar-refractivity contribution in [1.82, 2.24) is 24.7 Å². The van der Waals surface area contributed by atoms with Crippen LogP contribution >= 0.6 is 11.8 Å². The number of imidazole rings is 1. The fourth-order valence-electron chi connectivity index (χ4n) is 3.58. The van der Waals surface area contributed by atoms with E-state index in [1.54, 1.807) is 30.6 Å². The maximum absolute atomic E-state index is 13.9. The largest absolute Gasteiger partial charge is 0.342 e. The molecule has 0 aliphatic carbocycles. The molecule has 0 aliphatic heterocycles. The Hall–Kier alpha value is -3.98. The average molecular weight is 473 g/mol. The Kier molecular flexibility index (Phi) is 6.09. The van der Waals surface area contributed by atoms with Crippen LogP contribution in [0.25, 0.3) is 16.7 Å². The molecule has 3 aromatic carbocycles. The highest BCUT2D eigenvalue weighted by Gasteiger charge is 2.12. The predicted octanol–water partition coefficient (Wildman–Crippen LogP) is 4.91. The molecule has 0 saturated carbocycles. The minimum Gasteiger partial charge on any atom is -0.342 e. The van der Waals surface area contributed by atoms with Crippen molar-refractivity contribution in [1.29, 1.82) is 0 Å². The van der Waals surface area contributed by atoms with Crippen molar-refractivity contribution in [3.8, 4) is 5.69 Å². The minimum absolute atomic E-state index is 0.158. The van der Waals surface area contributed by atoms with E-state index in [0.717, 1.165) is 16.7 Å². The first-order valence-corrected chi connectivity index (χ1v) is 11.7. The number of thioether (sulfide) groups is 1. The number of amides is 1. The summed E-state index contributed by atoms with van der Waals surface area (Å²) in [5.74, 6) is 0.430. The first-order chi connectivity index (χ1) is 16.5. The summed E-state index contributed by atoms with van der Waals surface area (Å²) in [6, 6.07) is 20.1. The Morgan fingerprint density at radius 3 is 2.76 bits per heavy atom. The highest BCUT2D eigenvalue weighted by molar-refractivity contribution is 7.99. The maximum atomic E-state index is 13.9. The molecule has 0 bridgehead atoms. The molecule has 5 aromatic rings. The van der Waals surface area contributed by atoms with E-state index in [-0.39, 0.29) is 17.5 Å². The Morgan fingerprint density at radius 2 is 1.94 bits per heavy atom. The molecule has 0 saturated heterocycles. The number of aromatic amines is 1. The first-order valence-electron chi connectivity index (χ1n) is 10.7. The van der Waals surface area contributed by atoms with Crippen LogP contribution in [-0.2, 0) is 11.2 Å². The van der Waals surface area contributed by atoms with E-state index < -0.39 is 0 Å². The molecule has 1 amide bonds. The summed E-state index contributed by atoms with van der Waals surface area (Å²) in [6.07, 6.45) is 2.00. The molecule has 0 fully saturated rings. The van der Waals surface area contributed by atoms with Gasteiger partial charge in [0.1, 0.15) is 18.0 Å². The summed E-state index contributed by atoms with van der Waals surface area (Å²) in [5, 5.41) is 11.7. The third kappa shape index (κ3) is 4.84. The molecule has 34 heavy (non-hydrogen) atoms. The zero-order chi connectivity index (χ0) is 23.5. The summed E-state index contributed by atoms with van der Waals surface area (Å²) < 4.78 is 15.8. The summed E-state index contributed by atoms with van der Waals surface area (Å²) in [4.78, 5) is 20.3. The van der Waals surface area contributed by atoms with Crippen molar-refractivity contribution in [2.75, 3.05) is 11.1 Å². The lowest BCUT2D eigenvalue weighted by Gasteiger charge is -2.07. The molecular weight excluding hydrogens is 451 g/mol. The van der Waals surface area contributed by atoms with Crippen molar-refractivity contribution in [3.05, 3.63) is 95.8 Å². The van der Waals surface area contributed by atoms with Gasteiger partial charge in [0.25, 0.3) is 0 Å². The number of aromatic nitrogens is 5. The van der Waals surface area contributed by atoms with E-state index >= 15 is 0 Å². The van der Waals surface area contributed by atoms with Crippen LogP contribution in [0.4, 0.5) is 10.1 Å². The zero-order valence-electron chi connectivity index (χ0n) is 18.3. The van der Waals surface area contributed by atoms with E-state index in [4.69, 9.17) is 0 Å². The number of halogens is 1. The third-order valence-electron chi connectivity index (χ3n) is 5.29. The lowest BCUT2D eigenvalue weighted by atomic mass is 10.1. The number of anilines is 1. The lowest BCUT2D eigenvalue weighted by Crippen LogP contribution is -2.14. The molecule has 2 heterocycles. The Labute approximate surface area is 199 Å². The van der Waals surface area contributed by atoms with Gasteiger partial charge < -0.3 is 10.3 Å². The van der Waals surface area contributed by atoms with Crippen LogP contribution in [-0.4, -0.2) is 36.4 Å². The van der Waals surface area contributed by atoms with E-state index in [1.807, 2.05) is 47.9 Å². The van der Waals surface area contributed by atoms with Gasteiger partial charge in [-0.05, 0) is 48.9 Å². The number of rotatable bonds is 7. The first kappa shape index (κ1) is 21.8. The quantitative estimate of drug-likeness (QED) is 0.329. The van der Waals surface area contributed by atoms with Gasteiger partial charge in [0.05, 0.1) is 16.8 Å². The summed E-state index contributed by atoms with van der Waals surface area (Å²) in [6.45, 7) is 2.03. The molecule has 0 unspecified atom stereocenters. The number of nitrogens with one attached hydrogen (secondary N) is 2. The van der Waals surface area contributed by atoms with Gasteiger partial charge in [-0.2, -0.15) is 0 Å². The van der Waals surface area contributed by atoms with Crippen molar-refractivity contribution in [3.63, 3.8) is 0 Å². The maximum Gasteiger partial charge on any atom is 0.234 e. The van der Waals surface area contributed by atoms with Gasteiger partial charge >= 0.3 is 0 Å². The molecule has 2 aromatic heterocycles. The number of fused-ring (bicyclic) bond motifs is 1. The number of nitrogens with zero attached hydrogens (tertiary/aromatic N) is 4. The predicted molar refractivity (Wildman–Crippen MR) is 131 cm³/mol. The number of aryl methyl sites for hydroxylation is 1. The van der Waals surface area contributed by atoms with Crippen molar-refractivity contribution in [2.45, 2.75) is 18.5 Å². The van der Waals surface area contributed by atoms with Gasteiger partial charge in [-0.1, -0.05) is 47.7 Å². The highest BCUT2D eigenvalue weighted by atomic mass is 32.2. The second-order valence-corrected chi connectivity index (χ2v) is 8.78. The number of hydrogen-bond acceptors (Lipinski definition) is 5. The van der Waals surface area contributed by atoms with E-state index in [2.05, 4.69) is 25.5 Å². The Bertz CT molecular complexity index is 1460. The molecule has 0 aliphatic rings. The van der Waals surface area contributed by atoms with E-state index in [9.17, 15) is 9.18 Å². The topological polar surface area (TPSA) is 88.5 Å². The van der Waals surface area contributed by atoms with E-state index in [0.29, 0.717) is 28.7 Å². The second-order valence-electron chi connectivity index (χ2n) is 7.84. The molecule has 0 atom stereocenters. The van der Waals surface area contributed by atoms with Gasteiger partial charge in [0.2, 0.25) is 5.91 Å². The van der Waals surface area contributed by atoms with Crippen molar-refractivity contribution < 1.29 is 9.18 Å². The normalized spacial score (nSPS) is 11.1. The Balaban J connectivity index is 1.23. The van der Waals surface area contributed by atoms with Gasteiger partial charge in [-0.25, -0.2) is 9.37 Å². The fraction of sp³-hybridized carbons (Fsp3) is 0.120. The van der Waals surface area contributed by atoms with Crippen LogP contribution in [0.1, 0.15) is 17.0 Å². The number of benzene rings is 3. The number of carbonyl (C=O) groups is 1. The van der Waals surface area contributed by atoms with Crippen molar-refractivity contribution >= 4 is 34.4 Å². The molecule has 170 valence electrons. The molecule has 9 heteroatoms. The lowest BCUT2D eigenvalue weighted by molar-refractivity contribution is -0.113. The second kappa shape index (κ2) is 9.48. The monoisotopic (exact) mass is 472 g/mol. The van der Waals surface area contributed by atoms with E-state index in [1.165, 1.54) is 23.4 Å². The molecule has 5 rings (SSSR count). The van der Waals surface area contributed by atoms with Crippen LogP contribution in [0.3, 0.4) is 0 Å². The van der Waals surface area contributed by atoms with Crippen LogP contribution in [0.5, 0.6) is 0 Å². The van der Waals surface area contributed by atoms with Gasteiger partial charge in [-0.15, -0.1) is 10.2 Å². The third-order valence-corrected chi connectivity index (χ3v) is 6.23. The molecule has 2 N–H and O–H groups in total. The summed E-state index contributed by atoms with van der Waals surface area (Å²) in [5.41, 5.74) is 4.86. The van der Waals surface area contributed by atoms with Crippen molar-refractivity contribution in [2.24, 2.45) is 0 Å². The van der Waals surface area contributed by atoms with Crippen LogP contribution in [0, 0.1) is 12.7 Å². The number of H-pyrrole nitrogens is 1. The summed E-state index contributed by atoms with van der Waals surface area (Å²) in [7, 11) is 0. The Morgan fingerprint density at radius 1 is 1.12 bits per heavy atom. The number of carbonyl (C=O) groups excluding carboxylic acids is 1. The number of hydrogen-bond donors (Lipinski definition) is 2. The SMILES string of the molecule is Cc1ccc(-n2cnnc2SCC(=O)Nc2ccc3nc(Cc4ccccc4F)[nH]c3c2)cc1. The van der Waals surface area contributed by atoms with Gasteiger partial charge in [0.15, 0.2) is 5.16 Å². The van der Waals surface area contributed by atoms with Gasteiger partial charge in [0, 0.05) is 17.8 Å². The van der Waals surface area contributed by atoms with Crippen LogP contribution in [0.15, 0.2) is 78.2 Å². The summed E-state index contributed by atoms with van der Waals surface area (Å²) >= 11 is 1.31. The van der Waals surface area contributed by atoms with Gasteiger partial charge in [-0.3, -0.25) is 9.36 Å². The van der Waals surface area contributed by atoms with Crippen LogP contribution in [0.2, 0.25) is 0 Å². The zero-order valence-corrected chi connectivity index (χ0v) is 19.1. The molecular formula is C25H21FN6OS. The standard InChI is InChI=1S/C25H21FN6OS/c1-16-6-9-19(10-7-16)32-15-27-31-25(32)34-14-24(33)28-18-8-11-21-22(13-18)30-23(29-21)12-17-4-2-3-5-20(17)26/h2-11,13,15H,12,14H2,1H3,(H,28,33)(H,29,30).